The van der Waals surface area contributed by atoms with Crippen LogP contribution in [0.4, 0.5) is 10.5 Å². The van der Waals surface area contributed by atoms with Crippen LogP contribution in [0.5, 0.6) is 0 Å². The molecule has 1 N–H and O–H groups in total. The fraction of sp³-hybridized carbons (Fsp3) is 0.600. The Morgan fingerprint density at radius 3 is 2.56 bits per heavy atom. The summed E-state index contributed by atoms with van der Waals surface area (Å²) in [6.45, 7) is 7.61. The molecule has 2 amide bonds. The van der Waals surface area contributed by atoms with E-state index in [1.165, 1.54) is 18.4 Å². The Morgan fingerprint density at radius 2 is 1.96 bits per heavy atom. The maximum atomic E-state index is 12.5. The van der Waals surface area contributed by atoms with E-state index >= 15 is 0 Å². The number of unbranched alkanes of at least 4 members (excludes halogenated alkanes) is 1. The number of benzene rings is 1. The Balaban J connectivity index is 1.87. The maximum Gasteiger partial charge on any atom is 0.321 e. The van der Waals surface area contributed by atoms with E-state index in [1.807, 2.05) is 19.9 Å². The van der Waals surface area contributed by atoms with Gasteiger partial charge >= 0.3 is 12.0 Å². The number of piperidine rings is 1. The fourth-order valence-corrected chi connectivity index (χ4v) is 3.18. The molecular weight excluding hydrogens is 316 g/mol. The van der Waals surface area contributed by atoms with E-state index in [4.69, 9.17) is 4.74 Å². The molecule has 0 atom stereocenters. The lowest BCUT2D eigenvalue weighted by Gasteiger charge is -2.31. The third kappa shape index (κ3) is 5.48. The average molecular weight is 346 g/mol. The quantitative estimate of drug-likeness (QED) is 0.787. The molecule has 5 nitrogen and oxygen atoms in total. The number of esters is 1. The molecule has 0 radical (unpaired) electrons. The maximum absolute atomic E-state index is 12.5. The zero-order valence-corrected chi connectivity index (χ0v) is 15.6. The summed E-state index contributed by atoms with van der Waals surface area (Å²) in [5, 5.41) is 3.00. The summed E-state index contributed by atoms with van der Waals surface area (Å²) in [4.78, 5) is 26.0. The van der Waals surface area contributed by atoms with Gasteiger partial charge in [0, 0.05) is 18.8 Å². The summed E-state index contributed by atoms with van der Waals surface area (Å²) in [5.74, 6) is -0.218. The van der Waals surface area contributed by atoms with Crippen molar-refractivity contribution in [2.24, 2.45) is 5.92 Å². The third-order valence-corrected chi connectivity index (χ3v) is 4.75. The summed E-state index contributed by atoms with van der Waals surface area (Å²) in [7, 11) is 0. The molecule has 1 aromatic rings. The van der Waals surface area contributed by atoms with Crippen molar-refractivity contribution in [2.75, 3.05) is 25.0 Å². The Hall–Kier alpha value is -2.04. The van der Waals surface area contributed by atoms with Gasteiger partial charge < -0.3 is 15.0 Å². The number of urea groups is 1. The van der Waals surface area contributed by atoms with Gasteiger partial charge in [-0.25, -0.2) is 4.79 Å². The predicted octanol–water partition coefficient (Wildman–Crippen LogP) is 4.14. The van der Waals surface area contributed by atoms with Gasteiger partial charge in [-0.05, 0) is 56.7 Å². The third-order valence-electron chi connectivity index (χ3n) is 4.75. The summed E-state index contributed by atoms with van der Waals surface area (Å²) in [5.41, 5.74) is 3.26. The number of hydrogen-bond acceptors (Lipinski definition) is 3. The van der Waals surface area contributed by atoms with E-state index in [9.17, 15) is 9.59 Å². The topological polar surface area (TPSA) is 58.6 Å². The highest BCUT2D eigenvalue weighted by Gasteiger charge is 2.28. The SMILES string of the molecule is CCCCc1ccc(NC(=O)N2CCC(C(=O)OCC)CC2)c(C)c1. The number of hydrogen-bond donors (Lipinski definition) is 1. The molecule has 138 valence electrons. The first-order chi connectivity index (χ1) is 12.0. The van der Waals surface area contributed by atoms with Crippen molar-refractivity contribution in [1.29, 1.82) is 0 Å². The number of rotatable bonds is 6. The molecule has 1 aliphatic heterocycles. The molecule has 2 rings (SSSR count). The van der Waals surface area contributed by atoms with Crippen molar-refractivity contribution in [1.82, 2.24) is 4.90 Å². The molecular formula is C20H30N2O3. The van der Waals surface area contributed by atoms with Gasteiger partial charge in [0.15, 0.2) is 0 Å². The molecule has 1 saturated heterocycles. The molecule has 1 aromatic carbocycles. The van der Waals surface area contributed by atoms with Crippen molar-refractivity contribution in [2.45, 2.75) is 52.9 Å². The van der Waals surface area contributed by atoms with E-state index in [0.717, 1.165) is 17.7 Å². The van der Waals surface area contributed by atoms with Gasteiger partial charge in [-0.1, -0.05) is 25.5 Å². The number of amides is 2. The van der Waals surface area contributed by atoms with Gasteiger partial charge in [0.25, 0.3) is 0 Å². The van der Waals surface area contributed by atoms with Crippen molar-refractivity contribution in [3.05, 3.63) is 29.3 Å². The monoisotopic (exact) mass is 346 g/mol. The van der Waals surface area contributed by atoms with Crippen molar-refractivity contribution >= 4 is 17.7 Å². The number of ether oxygens (including phenoxy) is 1. The largest absolute Gasteiger partial charge is 0.466 e. The zero-order valence-electron chi connectivity index (χ0n) is 15.6. The smallest absolute Gasteiger partial charge is 0.321 e. The Bertz CT molecular complexity index is 593. The molecule has 0 aromatic heterocycles. The summed E-state index contributed by atoms with van der Waals surface area (Å²) in [6, 6.07) is 6.14. The van der Waals surface area contributed by atoms with E-state index in [-0.39, 0.29) is 17.9 Å². The summed E-state index contributed by atoms with van der Waals surface area (Å²) in [6.07, 6.45) is 4.77. The van der Waals surface area contributed by atoms with Gasteiger partial charge in [0.1, 0.15) is 0 Å². The van der Waals surface area contributed by atoms with E-state index in [0.29, 0.717) is 32.5 Å². The molecule has 0 saturated carbocycles. The van der Waals surface area contributed by atoms with Crippen LogP contribution in [0.15, 0.2) is 18.2 Å². The molecule has 0 bridgehead atoms. The van der Waals surface area contributed by atoms with Crippen LogP contribution in [0.1, 0.15) is 50.7 Å². The summed E-state index contributed by atoms with van der Waals surface area (Å²) < 4.78 is 5.07. The highest BCUT2D eigenvalue weighted by atomic mass is 16.5. The highest BCUT2D eigenvalue weighted by Crippen LogP contribution is 2.22. The van der Waals surface area contributed by atoms with E-state index < -0.39 is 0 Å². The molecule has 0 spiro atoms. The van der Waals surface area contributed by atoms with Gasteiger partial charge in [0.05, 0.1) is 12.5 Å². The lowest BCUT2D eigenvalue weighted by molar-refractivity contribution is -0.149. The number of carbonyl (C=O) groups is 2. The van der Waals surface area contributed by atoms with Crippen LogP contribution in [0, 0.1) is 12.8 Å². The van der Waals surface area contributed by atoms with Crippen LogP contribution in [-0.2, 0) is 16.0 Å². The van der Waals surface area contributed by atoms with Crippen molar-refractivity contribution < 1.29 is 14.3 Å². The van der Waals surface area contributed by atoms with Gasteiger partial charge in [-0.15, -0.1) is 0 Å². The molecule has 1 fully saturated rings. The highest BCUT2D eigenvalue weighted by molar-refractivity contribution is 5.90. The van der Waals surface area contributed by atoms with Gasteiger partial charge in [0.2, 0.25) is 0 Å². The molecule has 1 aliphatic rings. The Morgan fingerprint density at radius 1 is 1.24 bits per heavy atom. The van der Waals surface area contributed by atoms with Gasteiger partial charge in [-0.2, -0.15) is 0 Å². The zero-order chi connectivity index (χ0) is 18.2. The Kier molecular flexibility index (Phi) is 7.29. The van der Waals surface area contributed by atoms with Crippen LogP contribution >= 0.6 is 0 Å². The minimum atomic E-state index is -0.138. The van der Waals surface area contributed by atoms with Crippen molar-refractivity contribution in [3.8, 4) is 0 Å². The molecule has 0 unspecified atom stereocenters. The number of likely N-dealkylation sites (tertiary alicyclic amines) is 1. The van der Waals surface area contributed by atoms with Crippen LogP contribution < -0.4 is 5.32 Å². The van der Waals surface area contributed by atoms with Gasteiger partial charge in [-0.3, -0.25) is 4.79 Å². The lowest BCUT2D eigenvalue weighted by atomic mass is 9.97. The normalized spacial score (nSPS) is 15.1. The molecule has 25 heavy (non-hydrogen) atoms. The first-order valence-electron chi connectivity index (χ1n) is 9.37. The number of aryl methyl sites for hydroxylation is 2. The van der Waals surface area contributed by atoms with Crippen LogP contribution in [0.25, 0.3) is 0 Å². The second-order valence-electron chi connectivity index (χ2n) is 6.70. The average Bonchev–Trinajstić information content (AvgIpc) is 2.62. The lowest BCUT2D eigenvalue weighted by Crippen LogP contribution is -2.42. The van der Waals surface area contributed by atoms with Crippen LogP contribution in [0.3, 0.4) is 0 Å². The molecule has 0 aliphatic carbocycles. The van der Waals surface area contributed by atoms with Crippen LogP contribution in [-0.4, -0.2) is 36.6 Å². The second-order valence-corrected chi connectivity index (χ2v) is 6.70. The summed E-state index contributed by atoms with van der Waals surface area (Å²) >= 11 is 0. The van der Waals surface area contributed by atoms with E-state index in [1.54, 1.807) is 4.90 Å². The number of nitrogens with zero attached hydrogens (tertiary/aromatic N) is 1. The minimum Gasteiger partial charge on any atom is -0.466 e. The Labute approximate surface area is 150 Å². The second kappa shape index (κ2) is 9.44. The first kappa shape index (κ1) is 19.3. The predicted molar refractivity (Wildman–Crippen MR) is 99.7 cm³/mol. The fourth-order valence-electron chi connectivity index (χ4n) is 3.18. The molecule has 5 heteroatoms. The van der Waals surface area contributed by atoms with Crippen molar-refractivity contribution in [3.63, 3.8) is 0 Å². The first-order valence-corrected chi connectivity index (χ1v) is 9.37. The number of anilines is 1. The standard InChI is InChI=1S/C20H30N2O3/c1-4-6-7-16-8-9-18(15(3)14-16)21-20(24)22-12-10-17(11-13-22)19(23)25-5-2/h8-9,14,17H,4-7,10-13H2,1-3H3,(H,21,24). The minimum absolute atomic E-state index is 0.0800. The number of nitrogens with one attached hydrogen (secondary N) is 1. The number of carbonyl (C=O) groups excluding carboxylic acids is 2. The van der Waals surface area contributed by atoms with Crippen LogP contribution in [0.2, 0.25) is 0 Å². The van der Waals surface area contributed by atoms with E-state index in [2.05, 4.69) is 24.4 Å². The molecule has 1 heterocycles.